The van der Waals surface area contributed by atoms with E-state index in [0.717, 1.165) is 25.9 Å². The Kier molecular flexibility index (Phi) is 3.52. The summed E-state index contributed by atoms with van der Waals surface area (Å²) in [6.45, 7) is 2.57. The van der Waals surface area contributed by atoms with Crippen LogP contribution < -0.4 is 0 Å². The molecular formula is C17H19N3O3. The average molecular weight is 313 g/mol. The number of hydrogen-bond acceptors (Lipinski definition) is 4. The lowest BCUT2D eigenvalue weighted by Crippen LogP contribution is -2.39. The largest absolute Gasteiger partial charge is 0.389 e. The number of oxime groups is 1. The van der Waals surface area contributed by atoms with Gasteiger partial charge < -0.3 is 14.6 Å². The molecule has 3 aliphatic heterocycles. The summed E-state index contributed by atoms with van der Waals surface area (Å²) >= 11 is 0. The Bertz CT molecular complexity index is 652. The Morgan fingerprint density at radius 2 is 1.74 bits per heavy atom. The summed E-state index contributed by atoms with van der Waals surface area (Å²) in [5.74, 6) is -0.142. The van der Waals surface area contributed by atoms with Gasteiger partial charge in [-0.25, -0.2) is 0 Å². The molecular weight excluding hydrogens is 294 g/mol. The molecule has 0 saturated carbocycles. The number of amides is 2. The molecule has 0 bridgehead atoms. The van der Waals surface area contributed by atoms with E-state index < -0.39 is 0 Å². The van der Waals surface area contributed by atoms with Crippen molar-refractivity contribution in [2.75, 3.05) is 26.2 Å². The topological polar surface area (TPSA) is 62.2 Å². The molecule has 120 valence electrons. The van der Waals surface area contributed by atoms with Crippen molar-refractivity contribution in [2.45, 2.75) is 18.9 Å². The highest BCUT2D eigenvalue weighted by Crippen LogP contribution is 2.29. The SMILES string of the molecule is O=C(C1=NO[C@@H]2CN(C(=O)c3ccccc3)C[C@H]12)N1CCCC1. The summed E-state index contributed by atoms with van der Waals surface area (Å²) in [4.78, 5) is 34.1. The Morgan fingerprint density at radius 1 is 1.00 bits per heavy atom. The average Bonchev–Trinajstić information content (AvgIpc) is 3.30. The van der Waals surface area contributed by atoms with Gasteiger partial charge in [0.05, 0.1) is 12.5 Å². The molecule has 6 nitrogen and oxygen atoms in total. The number of benzene rings is 1. The van der Waals surface area contributed by atoms with Crippen molar-refractivity contribution < 1.29 is 14.4 Å². The van der Waals surface area contributed by atoms with Crippen LogP contribution in [0.15, 0.2) is 35.5 Å². The van der Waals surface area contributed by atoms with E-state index in [4.69, 9.17) is 4.84 Å². The van der Waals surface area contributed by atoms with Gasteiger partial charge in [-0.15, -0.1) is 0 Å². The van der Waals surface area contributed by atoms with E-state index >= 15 is 0 Å². The molecule has 1 aromatic rings. The van der Waals surface area contributed by atoms with Crippen LogP contribution in [-0.2, 0) is 9.63 Å². The molecule has 2 amide bonds. The van der Waals surface area contributed by atoms with Gasteiger partial charge in [-0.05, 0) is 25.0 Å². The molecule has 2 atom stereocenters. The van der Waals surface area contributed by atoms with Gasteiger partial charge >= 0.3 is 0 Å². The van der Waals surface area contributed by atoms with Gasteiger partial charge in [-0.1, -0.05) is 23.4 Å². The summed E-state index contributed by atoms with van der Waals surface area (Å²) in [5.41, 5.74) is 1.15. The first-order chi connectivity index (χ1) is 11.2. The normalized spacial score (nSPS) is 26.0. The molecule has 3 aliphatic rings. The van der Waals surface area contributed by atoms with Crippen LogP contribution in [0.1, 0.15) is 23.2 Å². The molecule has 0 aliphatic carbocycles. The maximum absolute atomic E-state index is 12.5. The second-order valence-corrected chi connectivity index (χ2v) is 6.30. The number of carbonyl (C=O) groups is 2. The minimum absolute atomic E-state index is 0.0171. The number of carbonyl (C=O) groups excluding carboxylic acids is 2. The summed E-state index contributed by atoms with van der Waals surface area (Å²) < 4.78 is 0. The first kappa shape index (κ1) is 14.2. The lowest BCUT2D eigenvalue weighted by atomic mass is 10.00. The molecule has 6 heteroatoms. The molecule has 23 heavy (non-hydrogen) atoms. The van der Waals surface area contributed by atoms with Crippen molar-refractivity contribution in [3.8, 4) is 0 Å². The highest BCUT2D eigenvalue weighted by Gasteiger charge is 2.47. The van der Waals surface area contributed by atoms with Crippen molar-refractivity contribution in [3.05, 3.63) is 35.9 Å². The molecule has 4 rings (SSSR count). The standard InChI is InChI=1S/C17H19N3O3/c21-16(12-6-2-1-3-7-12)20-10-13-14(11-20)23-18-15(13)17(22)19-8-4-5-9-19/h1-3,6-7,13-14H,4-5,8-11H2/t13-,14+/m0/s1. The number of likely N-dealkylation sites (tertiary alicyclic amines) is 2. The highest BCUT2D eigenvalue weighted by atomic mass is 16.6. The molecule has 0 radical (unpaired) electrons. The lowest BCUT2D eigenvalue weighted by Gasteiger charge is -2.18. The quantitative estimate of drug-likeness (QED) is 0.822. The third-order valence-corrected chi connectivity index (χ3v) is 4.82. The maximum Gasteiger partial charge on any atom is 0.272 e. The predicted octanol–water partition coefficient (Wildman–Crippen LogP) is 1.14. The van der Waals surface area contributed by atoms with Crippen molar-refractivity contribution in [2.24, 2.45) is 11.1 Å². The molecule has 2 saturated heterocycles. The minimum Gasteiger partial charge on any atom is -0.389 e. The molecule has 0 unspecified atom stereocenters. The van der Waals surface area contributed by atoms with E-state index in [1.54, 1.807) is 4.90 Å². The zero-order valence-corrected chi connectivity index (χ0v) is 12.9. The van der Waals surface area contributed by atoms with E-state index in [9.17, 15) is 9.59 Å². The third-order valence-electron chi connectivity index (χ3n) is 4.82. The zero-order valence-electron chi connectivity index (χ0n) is 12.9. The summed E-state index contributed by atoms with van der Waals surface area (Å²) in [6, 6.07) is 9.20. The summed E-state index contributed by atoms with van der Waals surface area (Å²) in [7, 11) is 0. The Balaban J connectivity index is 1.46. The fourth-order valence-electron chi connectivity index (χ4n) is 3.54. The van der Waals surface area contributed by atoms with Crippen LogP contribution in [0.4, 0.5) is 0 Å². The molecule has 1 aromatic carbocycles. The van der Waals surface area contributed by atoms with Crippen LogP contribution in [0.2, 0.25) is 0 Å². The molecule has 0 spiro atoms. The number of rotatable bonds is 2. The Labute approximate surface area is 134 Å². The third kappa shape index (κ3) is 2.48. The fourth-order valence-corrected chi connectivity index (χ4v) is 3.54. The Morgan fingerprint density at radius 3 is 2.48 bits per heavy atom. The van der Waals surface area contributed by atoms with E-state index in [1.807, 2.05) is 35.2 Å². The first-order valence-electron chi connectivity index (χ1n) is 8.11. The highest BCUT2D eigenvalue weighted by molar-refractivity contribution is 6.40. The van der Waals surface area contributed by atoms with Crippen molar-refractivity contribution in [1.82, 2.24) is 9.80 Å². The van der Waals surface area contributed by atoms with E-state index in [1.165, 1.54) is 0 Å². The number of hydrogen-bond donors (Lipinski definition) is 0. The van der Waals surface area contributed by atoms with Gasteiger partial charge in [0.25, 0.3) is 11.8 Å². The second-order valence-electron chi connectivity index (χ2n) is 6.30. The predicted molar refractivity (Wildman–Crippen MR) is 84.0 cm³/mol. The second kappa shape index (κ2) is 5.68. The van der Waals surface area contributed by atoms with Crippen LogP contribution in [0, 0.1) is 5.92 Å². The number of fused-ring (bicyclic) bond motifs is 1. The van der Waals surface area contributed by atoms with Gasteiger partial charge in [-0.3, -0.25) is 9.59 Å². The van der Waals surface area contributed by atoms with Gasteiger partial charge in [0.2, 0.25) is 0 Å². The van der Waals surface area contributed by atoms with Crippen molar-refractivity contribution in [3.63, 3.8) is 0 Å². The van der Waals surface area contributed by atoms with E-state index in [2.05, 4.69) is 5.16 Å². The van der Waals surface area contributed by atoms with Gasteiger partial charge in [-0.2, -0.15) is 0 Å². The maximum atomic E-state index is 12.5. The summed E-state index contributed by atoms with van der Waals surface area (Å²) in [5, 5.41) is 4.02. The first-order valence-corrected chi connectivity index (χ1v) is 8.11. The number of nitrogens with zero attached hydrogens (tertiary/aromatic N) is 3. The van der Waals surface area contributed by atoms with Crippen molar-refractivity contribution >= 4 is 17.5 Å². The van der Waals surface area contributed by atoms with Crippen LogP contribution in [-0.4, -0.2) is 59.6 Å². The van der Waals surface area contributed by atoms with Gasteiger partial charge in [0.15, 0.2) is 11.8 Å². The van der Waals surface area contributed by atoms with Crippen LogP contribution in [0.5, 0.6) is 0 Å². The zero-order chi connectivity index (χ0) is 15.8. The fraction of sp³-hybridized carbons (Fsp3) is 0.471. The van der Waals surface area contributed by atoms with Gasteiger partial charge in [0.1, 0.15) is 0 Å². The molecule has 0 aromatic heterocycles. The molecule has 3 heterocycles. The Hall–Kier alpha value is -2.37. The smallest absolute Gasteiger partial charge is 0.272 e. The van der Waals surface area contributed by atoms with Crippen LogP contribution in [0.3, 0.4) is 0 Å². The molecule has 2 fully saturated rings. The summed E-state index contributed by atoms with van der Waals surface area (Å²) in [6.07, 6.45) is 1.91. The monoisotopic (exact) mass is 313 g/mol. The van der Waals surface area contributed by atoms with Crippen molar-refractivity contribution in [1.29, 1.82) is 0 Å². The van der Waals surface area contributed by atoms with Gasteiger partial charge in [0, 0.05) is 25.2 Å². The molecule has 0 N–H and O–H groups in total. The minimum atomic E-state index is -0.191. The van der Waals surface area contributed by atoms with E-state index in [0.29, 0.717) is 24.4 Å². The van der Waals surface area contributed by atoms with Crippen LogP contribution in [0.25, 0.3) is 0 Å². The van der Waals surface area contributed by atoms with Crippen LogP contribution >= 0.6 is 0 Å². The lowest BCUT2D eigenvalue weighted by molar-refractivity contribution is -0.123. The van der Waals surface area contributed by atoms with E-state index in [-0.39, 0.29) is 23.8 Å².